The molecule has 7 nitrogen and oxygen atoms in total. The van der Waals surface area contributed by atoms with E-state index in [0.29, 0.717) is 12.8 Å². The molecular formula is C17H17FN2O5S. The third-order valence-electron chi connectivity index (χ3n) is 4.19. The van der Waals surface area contributed by atoms with Crippen molar-refractivity contribution in [2.24, 2.45) is 0 Å². The third-order valence-corrected chi connectivity index (χ3v) is 6.09. The molecule has 0 aromatic heterocycles. The minimum atomic E-state index is -4.03. The van der Waals surface area contributed by atoms with Gasteiger partial charge >= 0.3 is 5.69 Å². The molecule has 1 fully saturated rings. The number of rotatable bonds is 7. The molecule has 1 aliphatic rings. The highest BCUT2D eigenvalue weighted by Crippen LogP contribution is 2.36. The Labute approximate surface area is 150 Å². The normalized spacial score (nSPS) is 14.4. The van der Waals surface area contributed by atoms with Gasteiger partial charge < -0.3 is 4.74 Å². The summed E-state index contributed by atoms with van der Waals surface area (Å²) in [5.74, 6) is -0.518. The average molecular weight is 380 g/mol. The van der Waals surface area contributed by atoms with Crippen molar-refractivity contribution in [3.8, 4) is 5.75 Å². The number of nitro groups is 1. The Bertz CT molecular complexity index is 944. The van der Waals surface area contributed by atoms with E-state index >= 15 is 0 Å². The molecule has 0 heterocycles. The summed E-state index contributed by atoms with van der Waals surface area (Å²) < 4.78 is 46.2. The molecule has 9 heteroatoms. The van der Waals surface area contributed by atoms with Crippen molar-refractivity contribution in [2.75, 3.05) is 7.11 Å². The zero-order valence-electron chi connectivity index (χ0n) is 14.0. The van der Waals surface area contributed by atoms with Crippen LogP contribution < -0.4 is 4.74 Å². The molecule has 0 saturated heterocycles. The van der Waals surface area contributed by atoms with Gasteiger partial charge in [-0.05, 0) is 31.0 Å². The van der Waals surface area contributed by atoms with Gasteiger partial charge in [0, 0.05) is 24.2 Å². The zero-order valence-corrected chi connectivity index (χ0v) is 14.8. The van der Waals surface area contributed by atoms with Crippen molar-refractivity contribution in [3.05, 3.63) is 64.0 Å². The molecule has 0 aliphatic heterocycles. The molecule has 138 valence electrons. The van der Waals surface area contributed by atoms with E-state index in [-0.39, 0.29) is 28.8 Å². The van der Waals surface area contributed by atoms with E-state index in [2.05, 4.69) is 0 Å². The lowest BCUT2D eigenvalue weighted by molar-refractivity contribution is -0.386. The lowest BCUT2D eigenvalue weighted by Gasteiger charge is -2.22. The molecule has 1 aliphatic carbocycles. The number of nitro benzene ring substituents is 1. The average Bonchev–Trinajstić information content (AvgIpc) is 3.45. The Morgan fingerprint density at radius 1 is 1.27 bits per heavy atom. The molecule has 0 spiro atoms. The van der Waals surface area contributed by atoms with Gasteiger partial charge in [-0.15, -0.1) is 0 Å². The van der Waals surface area contributed by atoms with E-state index in [4.69, 9.17) is 4.74 Å². The lowest BCUT2D eigenvalue weighted by Crippen LogP contribution is -2.33. The smallest absolute Gasteiger partial charge is 0.312 e. The Kier molecular flexibility index (Phi) is 4.92. The summed E-state index contributed by atoms with van der Waals surface area (Å²) in [6, 6.07) is 9.21. The highest BCUT2D eigenvalue weighted by molar-refractivity contribution is 7.89. The summed E-state index contributed by atoms with van der Waals surface area (Å²) in [5.41, 5.74) is -0.179. The predicted molar refractivity (Wildman–Crippen MR) is 91.8 cm³/mol. The third kappa shape index (κ3) is 3.54. The Hall–Kier alpha value is -2.52. The van der Waals surface area contributed by atoms with Gasteiger partial charge in [-0.2, -0.15) is 4.31 Å². The van der Waals surface area contributed by atoms with E-state index in [1.165, 1.54) is 41.7 Å². The van der Waals surface area contributed by atoms with Crippen LogP contribution in [0.2, 0.25) is 0 Å². The minimum absolute atomic E-state index is 0.0268. The maximum absolute atomic E-state index is 14.0. The van der Waals surface area contributed by atoms with Gasteiger partial charge in [0.25, 0.3) is 0 Å². The standard InChI is InChI=1S/C17H17FN2O5S/c1-25-17-9-8-14(10-16(17)20(21)22)26(23,24)19(13-6-7-13)11-12-4-2-3-5-15(12)18/h2-5,8-10,13H,6-7,11H2,1H3. The first kappa shape index (κ1) is 18.3. The van der Waals surface area contributed by atoms with Crippen LogP contribution in [0.25, 0.3) is 0 Å². The number of nitrogens with zero attached hydrogens (tertiary/aromatic N) is 2. The topological polar surface area (TPSA) is 89.8 Å². The summed E-state index contributed by atoms with van der Waals surface area (Å²) in [4.78, 5) is 10.3. The number of hydrogen-bond donors (Lipinski definition) is 0. The summed E-state index contributed by atoms with van der Waals surface area (Å²) in [5, 5.41) is 11.2. The van der Waals surface area contributed by atoms with Gasteiger partial charge in [0.15, 0.2) is 5.75 Å². The highest BCUT2D eigenvalue weighted by atomic mass is 32.2. The second-order valence-electron chi connectivity index (χ2n) is 5.96. The Morgan fingerprint density at radius 2 is 1.96 bits per heavy atom. The predicted octanol–water partition coefficient (Wildman–Crippen LogP) is 3.10. The van der Waals surface area contributed by atoms with Crippen LogP contribution in [0, 0.1) is 15.9 Å². The fraction of sp³-hybridized carbons (Fsp3) is 0.294. The summed E-state index contributed by atoms with van der Waals surface area (Å²) in [6.45, 7) is -0.125. The molecule has 0 unspecified atom stereocenters. The van der Waals surface area contributed by atoms with Gasteiger partial charge in [0.05, 0.1) is 16.9 Å². The zero-order chi connectivity index (χ0) is 18.9. The number of hydrogen-bond acceptors (Lipinski definition) is 5. The molecule has 26 heavy (non-hydrogen) atoms. The van der Waals surface area contributed by atoms with Crippen LogP contribution in [0.3, 0.4) is 0 Å². The summed E-state index contributed by atoms with van der Waals surface area (Å²) in [6.07, 6.45) is 1.35. The van der Waals surface area contributed by atoms with E-state index in [1.807, 2.05) is 0 Å². The van der Waals surface area contributed by atoms with Crippen LogP contribution in [0.1, 0.15) is 18.4 Å². The Morgan fingerprint density at radius 3 is 2.54 bits per heavy atom. The first-order valence-electron chi connectivity index (χ1n) is 7.92. The SMILES string of the molecule is COc1ccc(S(=O)(=O)N(Cc2ccccc2F)C2CC2)cc1[N+](=O)[O-]. The number of benzene rings is 2. The fourth-order valence-electron chi connectivity index (χ4n) is 2.68. The number of methoxy groups -OCH3 is 1. The van der Waals surface area contributed by atoms with Gasteiger partial charge in [0.2, 0.25) is 10.0 Å². The summed E-state index contributed by atoms with van der Waals surface area (Å²) >= 11 is 0. The van der Waals surface area contributed by atoms with Crippen LogP contribution in [0.4, 0.5) is 10.1 Å². The van der Waals surface area contributed by atoms with Crippen LogP contribution >= 0.6 is 0 Å². The molecule has 2 aromatic rings. The van der Waals surface area contributed by atoms with Crippen molar-refractivity contribution in [3.63, 3.8) is 0 Å². The molecule has 0 amide bonds. The summed E-state index contributed by atoms with van der Waals surface area (Å²) in [7, 11) is -2.76. The maximum Gasteiger partial charge on any atom is 0.312 e. The largest absolute Gasteiger partial charge is 0.490 e. The van der Waals surface area contributed by atoms with Gasteiger partial charge in [-0.1, -0.05) is 18.2 Å². The second-order valence-corrected chi connectivity index (χ2v) is 7.85. The number of ether oxygens (including phenoxy) is 1. The molecule has 2 aromatic carbocycles. The van der Waals surface area contributed by atoms with E-state index in [1.54, 1.807) is 6.07 Å². The monoisotopic (exact) mass is 380 g/mol. The van der Waals surface area contributed by atoms with Crippen LogP contribution in [-0.2, 0) is 16.6 Å². The fourth-order valence-corrected chi connectivity index (χ4v) is 4.36. The van der Waals surface area contributed by atoms with Gasteiger partial charge in [-0.3, -0.25) is 10.1 Å². The molecule has 0 atom stereocenters. The van der Waals surface area contributed by atoms with E-state index in [9.17, 15) is 22.9 Å². The lowest BCUT2D eigenvalue weighted by atomic mass is 10.2. The van der Waals surface area contributed by atoms with Crippen molar-refractivity contribution in [2.45, 2.75) is 30.3 Å². The van der Waals surface area contributed by atoms with Crippen LogP contribution in [0.5, 0.6) is 5.75 Å². The second kappa shape index (κ2) is 7.00. The highest BCUT2D eigenvalue weighted by Gasteiger charge is 2.39. The first-order valence-corrected chi connectivity index (χ1v) is 9.36. The van der Waals surface area contributed by atoms with E-state index in [0.717, 1.165) is 6.07 Å². The molecule has 0 bridgehead atoms. The quantitative estimate of drug-likeness (QED) is 0.544. The first-order chi connectivity index (χ1) is 12.3. The van der Waals surface area contributed by atoms with Crippen molar-refractivity contribution < 1.29 is 22.5 Å². The van der Waals surface area contributed by atoms with Gasteiger partial charge in [0.1, 0.15) is 5.82 Å². The molecule has 0 N–H and O–H groups in total. The molecular weight excluding hydrogens is 363 g/mol. The Balaban J connectivity index is 2.00. The van der Waals surface area contributed by atoms with Crippen LogP contribution in [-0.4, -0.2) is 30.8 Å². The van der Waals surface area contributed by atoms with Crippen molar-refractivity contribution in [1.82, 2.24) is 4.31 Å². The van der Waals surface area contributed by atoms with Crippen LogP contribution in [0.15, 0.2) is 47.4 Å². The van der Waals surface area contributed by atoms with Gasteiger partial charge in [-0.25, -0.2) is 12.8 Å². The van der Waals surface area contributed by atoms with E-state index < -0.39 is 26.5 Å². The number of sulfonamides is 1. The molecule has 1 saturated carbocycles. The minimum Gasteiger partial charge on any atom is -0.490 e. The number of halogens is 1. The molecule has 0 radical (unpaired) electrons. The van der Waals surface area contributed by atoms with Crippen molar-refractivity contribution in [1.29, 1.82) is 0 Å². The maximum atomic E-state index is 14.0. The molecule has 3 rings (SSSR count). The van der Waals surface area contributed by atoms with Crippen molar-refractivity contribution >= 4 is 15.7 Å².